The number of halogens is 3. The summed E-state index contributed by atoms with van der Waals surface area (Å²) in [5.41, 5.74) is 0.511. The second kappa shape index (κ2) is 5.23. The van der Waals surface area contributed by atoms with Crippen LogP contribution in [0.25, 0.3) is 0 Å². The van der Waals surface area contributed by atoms with Crippen molar-refractivity contribution in [1.29, 1.82) is 0 Å². The maximum Gasteiger partial charge on any atom is 0.137 e. The first-order valence-electron chi connectivity index (χ1n) is 4.73. The molecule has 0 aliphatic carbocycles. The van der Waals surface area contributed by atoms with Crippen LogP contribution >= 0.6 is 34.8 Å². The van der Waals surface area contributed by atoms with Gasteiger partial charge in [0.1, 0.15) is 18.8 Å². The van der Waals surface area contributed by atoms with Crippen molar-refractivity contribution in [2.45, 2.75) is 12.6 Å². The zero-order valence-corrected chi connectivity index (χ0v) is 10.8. The Bertz CT molecular complexity index is 516. The minimum Gasteiger partial charge on any atom is -0.386 e. The first-order chi connectivity index (χ1) is 8.08. The Morgan fingerprint density at radius 3 is 2.53 bits per heavy atom. The number of hydrogen-bond acceptors (Lipinski definition) is 3. The topological polar surface area (TPSA) is 50.9 Å². The fourth-order valence-corrected chi connectivity index (χ4v) is 2.08. The third-order valence-corrected chi connectivity index (χ3v) is 3.27. The standard InChI is InChI=1S/C10H8Cl3N3O/c11-7-2-9(13)8(12)1-6(7)10(17)3-16-5-14-4-15-16/h1-2,4-5,10,17H,3H2. The van der Waals surface area contributed by atoms with Gasteiger partial charge in [-0.3, -0.25) is 4.68 Å². The fraction of sp³-hybridized carbons (Fsp3) is 0.200. The molecule has 0 bridgehead atoms. The van der Waals surface area contributed by atoms with E-state index in [0.717, 1.165) is 0 Å². The predicted molar refractivity (Wildman–Crippen MR) is 66.5 cm³/mol. The van der Waals surface area contributed by atoms with Gasteiger partial charge in [0.05, 0.1) is 16.6 Å². The lowest BCUT2D eigenvalue weighted by Gasteiger charge is -2.13. The van der Waals surface area contributed by atoms with E-state index in [0.29, 0.717) is 20.6 Å². The van der Waals surface area contributed by atoms with E-state index < -0.39 is 6.10 Å². The Labute approximate surface area is 113 Å². The van der Waals surface area contributed by atoms with Crippen molar-refractivity contribution in [3.63, 3.8) is 0 Å². The van der Waals surface area contributed by atoms with Crippen LogP contribution in [0.15, 0.2) is 24.8 Å². The van der Waals surface area contributed by atoms with Crippen molar-refractivity contribution in [3.8, 4) is 0 Å². The van der Waals surface area contributed by atoms with Crippen LogP contribution in [0.3, 0.4) is 0 Å². The smallest absolute Gasteiger partial charge is 0.137 e. The fourth-order valence-electron chi connectivity index (χ4n) is 1.40. The van der Waals surface area contributed by atoms with Gasteiger partial charge in [-0.05, 0) is 12.1 Å². The number of benzene rings is 1. The van der Waals surface area contributed by atoms with Crippen LogP contribution < -0.4 is 0 Å². The molecule has 2 rings (SSSR count). The first kappa shape index (κ1) is 12.6. The molecule has 0 saturated heterocycles. The van der Waals surface area contributed by atoms with Crippen LogP contribution in [0.2, 0.25) is 15.1 Å². The van der Waals surface area contributed by atoms with Crippen LogP contribution in [0, 0.1) is 0 Å². The van der Waals surface area contributed by atoms with Gasteiger partial charge in [0.2, 0.25) is 0 Å². The molecule has 0 spiro atoms. The summed E-state index contributed by atoms with van der Waals surface area (Å²) < 4.78 is 1.50. The van der Waals surface area contributed by atoms with Gasteiger partial charge in [0.25, 0.3) is 0 Å². The average molecular weight is 293 g/mol. The maximum absolute atomic E-state index is 10.0. The molecule has 2 aromatic rings. The molecule has 0 aliphatic heterocycles. The van der Waals surface area contributed by atoms with Crippen LogP contribution in [-0.2, 0) is 6.54 Å². The zero-order valence-electron chi connectivity index (χ0n) is 8.52. The van der Waals surface area contributed by atoms with E-state index in [1.54, 1.807) is 6.07 Å². The van der Waals surface area contributed by atoms with E-state index in [2.05, 4.69) is 10.1 Å². The highest BCUT2D eigenvalue weighted by atomic mass is 35.5. The highest BCUT2D eigenvalue weighted by molar-refractivity contribution is 6.43. The highest BCUT2D eigenvalue weighted by Gasteiger charge is 2.15. The molecule has 1 atom stereocenters. The van der Waals surface area contributed by atoms with E-state index in [-0.39, 0.29) is 6.54 Å². The Hall–Kier alpha value is -0.810. The summed E-state index contributed by atoms with van der Waals surface area (Å²) in [6.07, 6.45) is 2.08. The Morgan fingerprint density at radius 1 is 1.18 bits per heavy atom. The van der Waals surface area contributed by atoms with Crippen molar-refractivity contribution in [3.05, 3.63) is 45.4 Å². The summed E-state index contributed by atoms with van der Waals surface area (Å²) in [6, 6.07) is 3.05. The predicted octanol–water partition coefficient (Wildman–Crippen LogP) is 2.97. The molecule has 4 nitrogen and oxygen atoms in total. The molecule has 1 aromatic carbocycles. The molecule has 0 amide bonds. The summed E-state index contributed by atoms with van der Waals surface area (Å²) in [5, 5.41) is 15.0. The van der Waals surface area contributed by atoms with Crippen molar-refractivity contribution in [1.82, 2.24) is 14.8 Å². The van der Waals surface area contributed by atoms with Gasteiger partial charge in [0, 0.05) is 10.6 Å². The zero-order chi connectivity index (χ0) is 12.4. The Kier molecular flexibility index (Phi) is 3.89. The van der Waals surface area contributed by atoms with Crippen molar-refractivity contribution < 1.29 is 5.11 Å². The second-order valence-electron chi connectivity index (χ2n) is 3.42. The highest BCUT2D eigenvalue weighted by Crippen LogP contribution is 2.32. The molecule has 0 saturated carbocycles. The van der Waals surface area contributed by atoms with Crippen LogP contribution in [0.5, 0.6) is 0 Å². The largest absolute Gasteiger partial charge is 0.386 e. The third-order valence-electron chi connectivity index (χ3n) is 2.23. The molecular formula is C10H8Cl3N3O. The third kappa shape index (κ3) is 2.90. The number of aliphatic hydroxyl groups excluding tert-OH is 1. The van der Waals surface area contributed by atoms with Crippen molar-refractivity contribution in [2.75, 3.05) is 0 Å². The van der Waals surface area contributed by atoms with Crippen molar-refractivity contribution >= 4 is 34.8 Å². The van der Waals surface area contributed by atoms with Gasteiger partial charge in [-0.2, -0.15) is 5.10 Å². The van der Waals surface area contributed by atoms with E-state index >= 15 is 0 Å². The number of aliphatic hydroxyl groups is 1. The van der Waals surface area contributed by atoms with E-state index in [4.69, 9.17) is 34.8 Å². The molecule has 0 fully saturated rings. The van der Waals surface area contributed by atoms with Crippen LogP contribution in [-0.4, -0.2) is 19.9 Å². The second-order valence-corrected chi connectivity index (χ2v) is 4.64. The Morgan fingerprint density at radius 2 is 1.88 bits per heavy atom. The molecule has 1 aromatic heterocycles. The van der Waals surface area contributed by atoms with Gasteiger partial charge in [-0.1, -0.05) is 34.8 Å². The number of nitrogens with zero attached hydrogens (tertiary/aromatic N) is 3. The summed E-state index contributed by atoms with van der Waals surface area (Å²) in [6.45, 7) is 0.248. The lowest BCUT2D eigenvalue weighted by atomic mass is 10.1. The van der Waals surface area contributed by atoms with E-state index in [1.165, 1.54) is 23.4 Å². The van der Waals surface area contributed by atoms with Gasteiger partial charge >= 0.3 is 0 Å². The van der Waals surface area contributed by atoms with Crippen molar-refractivity contribution in [2.24, 2.45) is 0 Å². The summed E-state index contributed by atoms with van der Waals surface area (Å²) in [7, 11) is 0. The molecule has 1 unspecified atom stereocenters. The molecular weight excluding hydrogens is 284 g/mol. The molecule has 0 radical (unpaired) electrons. The number of aromatic nitrogens is 3. The monoisotopic (exact) mass is 291 g/mol. The normalized spacial score (nSPS) is 12.7. The molecule has 0 aliphatic rings. The summed E-state index contributed by atoms with van der Waals surface area (Å²) >= 11 is 17.7. The van der Waals surface area contributed by atoms with E-state index in [1.807, 2.05) is 0 Å². The lowest BCUT2D eigenvalue weighted by molar-refractivity contribution is 0.151. The first-order valence-corrected chi connectivity index (χ1v) is 5.86. The quantitative estimate of drug-likeness (QED) is 0.885. The van der Waals surface area contributed by atoms with E-state index in [9.17, 15) is 5.11 Å². The molecule has 17 heavy (non-hydrogen) atoms. The minimum atomic E-state index is -0.820. The average Bonchev–Trinajstić information content (AvgIpc) is 2.76. The lowest BCUT2D eigenvalue weighted by Crippen LogP contribution is -2.09. The SMILES string of the molecule is OC(Cn1cncn1)c1cc(Cl)c(Cl)cc1Cl. The minimum absolute atomic E-state index is 0.248. The number of rotatable bonds is 3. The molecule has 90 valence electrons. The number of hydrogen-bond donors (Lipinski definition) is 1. The van der Waals surface area contributed by atoms with Gasteiger partial charge < -0.3 is 5.11 Å². The summed E-state index contributed by atoms with van der Waals surface area (Å²) in [4.78, 5) is 3.78. The molecule has 1 heterocycles. The van der Waals surface area contributed by atoms with Gasteiger partial charge in [0.15, 0.2) is 0 Å². The maximum atomic E-state index is 10.0. The molecule has 1 N–H and O–H groups in total. The van der Waals surface area contributed by atoms with Crippen LogP contribution in [0.1, 0.15) is 11.7 Å². The van der Waals surface area contributed by atoms with Crippen LogP contribution in [0.4, 0.5) is 0 Å². The Balaban J connectivity index is 2.24. The molecule has 7 heteroatoms. The van der Waals surface area contributed by atoms with Gasteiger partial charge in [-0.25, -0.2) is 4.98 Å². The van der Waals surface area contributed by atoms with Gasteiger partial charge in [-0.15, -0.1) is 0 Å². The summed E-state index contributed by atoms with van der Waals surface area (Å²) in [5.74, 6) is 0.